The number of rotatable bonds is 5. The third-order valence-electron chi connectivity index (χ3n) is 4.02. The van der Waals surface area contributed by atoms with Gasteiger partial charge in [-0.3, -0.25) is 9.59 Å². The Morgan fingerprint density at radius 2 is 1.74 bits per heavy atom. The molecule has 0 aromatic heterocycles. The van der Waals surface area contributed by atoms with Gasteiger partial charge in [-0.2, -0.15) is 0 Å². The van der Waals surface area contributed by atoms with Gasteiger partial charge >= 0.3 is 0 Å². The quantitative estimate of drug-likeness (QED) is 0.908. The molecular formula is C19H28N2O2. The highest BCUT2D eigenvalue weighted by molar-refractivity contribution is 5.88. The van der Waals surface area contributed by atoms with Crippen LogP contribution in [0.4, 0.5) is 0 Å². The normalized spacial score (nSPS) is 16.2. The highest BCUT2D eigenvalue weighted by atomic mass is 16.2. The number of hydrogen-bond acceptors (Lipinski definition) is 2. The summed E-state index contributed by atoms with van der Waals surface area (Å²) >= 11 is 0. The number of benzene rings is 1. The lowest BCUT2D eigenvalue weighted by Crippen LogP contribution is -2.49. The van der Waals surface area contributed by atoms with Gasteiger partial charge in [-0.05, 0) is 23.8 Å². The van der Waals surface area contributed by atoms with Crippen molar-refractivity contribution in [2.45, 2.75) is 52.5 Å². The van der Waals surface area contributed by atoms with Gasteiger partial charge in [-0.25, -0.2) is 0 Å². The maximum absolute atomic E-state index is 12.8. The summed E-state index contributed by atoms with van der Waals surface area (Å²) in [6, 6.07) is 9.41. The van der Waals surface area contributed by atoms with E-state index in [4.69, 9.17) is 0 Å². The molecule has 126 valence electrons. The van der Waals surface area contributed by atoms with Crippen molar-refractivity contribution in [2.75, 3.05) is 13.1 Å². The van der Waals surface area contributed by atoms with Gasteiger partial charge in [0, 0.05) is 25.9 Å². The molecule has 1 aliphatic rings. The third-order valence-corrected chi connectivity index (χ3v) is 4.02. The standard InChI is InChI=1S/C19H28N2O2/c1-19(2,3)14-17(22)20-16(13-15-9-5-4-6-10-15)18(23)21-11-7-8-12-21/h4-6,9-10,16H,7-8,11-14H2,1-3H3,(H,20,22). The monoisotopic (exact) mass is 316 g/mol. The maximum Gasteiger partial charge on any atom is 0.245 e. The number of hydrogen-bond donors (Lipinski definition) is 1. The molecule has 2 rings (SSSR count). The van der Waals surface area contributed by atoms with E-state index in [9.17, 15) is 9.59 Å². The van der Waals surface area contributed by atoms with Crippen molar-refractivity contribution in [1.29, 1.82) is 0 Å². The smallest absolute Gasteiger partial charge is 0.245 e. The predicted molar refractivity (Wildman–Crippen MR) is 92.0 cm³/mol. The van der Waals surface area contributed by atoms with Gasteiger partial charge in [-0.1, -0.05) is 51.1 Å². The fourth-order valence-electron chi connectivity index (χ4n) is 2.93. The molecule has 4 heteroatoms. The Kier molecular flexibility index (Phi) is 5.80. The lowest BCUT2D eigenvalue weighted by atomic mass is 9.91. The molecule has 1 aliphatic heterocycles. The maximum atomic E-state index is 12.8. The Bertz CT molecular complexity index is 528. The number of likely N-dealkylation sites (tertiary alicyclic amines) is 1. The molecule has 1 heterocycles. The molecule has 1 saturated heterocycles. The zero-order valence-electron chi connectivity index (χ0n) is 14.5. The first kappa shape index (κ1) is 17.5. The highest BCUT2D eigenvalue weighted by Crippen LogP contribution is 2.19. The SMILES string of the molecule is CC(C)(C)CC(=O)NC(Cc1ccccc1)C(=O)N1CCCC1. The fourth-order valence-corrected chi connectivity index (χ4v) is 2.93. The number of carbonyl (C=O) groups excluding carboxylic acids is 2. The summed E-state index contributed by atoms with van der Waals surface area (Å²) in [5.74, 6) is -0.000379. The number of nitrogens with zero attached hydrogens (tertiary/aromatic N) is 1. The van der Waals surface area contributed by atoms with Crippen LogP contribution in [0.15, 0.2) is 30.3 Å². The zero-order chi connectivity index (χ0) is 16.9. The van der Waals surface area contributed by atoms with Crippen molar-refractivity contribution >= 4 is 11.8 Å². The van der Waals surface area contributed by atoms with Gasteiger partial charge in [0.05, 0.1) is 0 Å². The van der Waals surface area contributed by atoms with E-state index < -0.39 is 6.04 Å². The molecule has 1 N–H and O–H groups in total. The number of carbonyl (C=O) groups is 2. The lowest BCUT2D eigenvalue weighted by Gasteiger charge is -2.26. The third kappa shape index (κ3) is 5.70. The molecule has 1 atom stereocenters. The van der Waals surface area contributed by atoms with E-state index >= 15 is 0 Å². The molecule has 0 bridgehead atoms. The van der Waals surface area contributed by atoms with Crippen molar-refractivity contribution in [3.8, 4) is 0 Å². The van der Waals surface area contributed by atoms with Crippen LogP contribution in [0.3, 0.4) is 0 Å². The summed E-state index contributed by atoms with van der Waals surface area (Å²) in [6.07, 6.45) is 3.08. The summed E-state index contributed by atoms with van der Waals surface area (Å²) in [7, 11) is 0. The van der Waals surface area contributed by atoms with Gasteiger partial charge in [0.1, 0.15) is 6.04 Å². The largest absolute Gasteiger partial charge is 0.344 e. The topological polar surface area (TPSA) is 49.4 Å². The average Bonchev–Trinajstić information content (AvgIpc) is 2.99. The summed E-state index contributed by atoms with van der Waals surface area (Å²) in [5, 5.41) is 2.97. The van der Waals surface area contributed by atoms with E-state index in [0.29, 0.717) is 12.8 Å². The van der Waals surface area contributed by atoms with E-state index in [2.05, 4.69) is 5.32 Å². The molecule has 1 unspecified atom stereocenters. The fraction of sp³-hybridized carbons (Fsp3) is 0.579. The van der Waals surface area contributed by atoms with Crippen LogP contribution in [0.2, 0.25) is 0 Å². The van der Waals surface area contributed by atoms with Crippen molar-refractivity contribution in [3.05, 3.63) is 35.9 Å². The molecule has 1 aromatic rings. The minimum absolute atomic E-state index is 0.0496. The second kappa shape index (κ2) is 7.62. The van der Waals surface area contributed by atoms with Gasteiger partial charge in [0.2, 0.25) is 11.8 Å². The van der Waals surface area contributed by atoms with Crippen molar-refractivity contribution in [1.82, 2.24) is 10.2 Å². The summed E-state index contributed by atoms with van der Waals surface area (Å²) in [6.45, 7) is 7.70. The summed E-state index contributed by atoms with van der Waals surface area (Å²) < 4.78 is 0. The molecule has 23 heavy (non-hydrogen) atoms. The Labute approximate surface area is 139 Å². The minimum Gasteiger partial charge on any atom is -0.344 e. The second-order valence-corrected chi connectivity index (χ2v) is 7.58. The van der Waals surface area contributed by atoms with Crippen LogP contribution < -0.4 is 5.32 Å². The highest BCUT2D eigenvalue weighted by Gasteiger charge is 2.29. The van der Waals surface area contributed by atoms with E-state index in [-0.39, 0.29) is 17.2 Å². The summed E-state index contributed by atoms with van der Waals surface area (Å²) in [5.41, 5.74) is 0.985. The Balaban J connectivity index is 2.07. The van der Waals surface area contributed by atoms with E-state index in [1.165, 1.54) is 0 Å². The molecule has 0 aliphatic carbocycles. The van der Waals surface area contributed by atoms with Crippen LogP contribution in [0, 0.1) is 5.41 Å². The predicted octanol–water partition coefficient (Wildman–Crippen LogP) is 2.77. The molecule has 0 radical (unpaired) electrons. The second-order valence-electron chi connectivity index (χ2n) is 7.58. The Morgan fingerprint density at radius 1 is 1.13 bits per heavy atom. The zero-order valence-corrected chi connectivity index (χ0v) is 14.5. The van der Waals surface area contributed by atoms with Crippen LogP contribution in [-0.4, -0.2) is 35.8 Å². The first-order valence-electron chi connectivity index (χ1n) is 8.47. The van der Waals surface area contributed by atoms with E-state index in [1.54, 1.807) is 0 Å². The van der Waals surface area contributed by atoms with Gasteiger partial charge in [0.15, 0.2) is 0 Å². The Morgan fingerprint density at radius 3 is 2.30 bits per heavy atom. The van der Waals surface area contributed by atoms with Crippen molar-refractivity contribution in [2.24, 2.45) is 5.41 Å². The first-order valence-corrected chi connectivity index (χ1v) is 8.47. The van der Waals surface area contributed by atoms with Crippen molar-refractivity contribution < 1.29 is 9.59 Å². The molecule has 0 spiro atoms. The van der Waals surface area contributed by atoms with Crippen molar-refractivity contribution in [3.63, 3.8) is 0 Å². The van der Waals surface area contributed by atoms with E-state index in [0.717, 1.165) is 31.5 Å². The number of nitrogens with one attached hydrogen (secondary N) is 1. The van der Waals surface area contributed by atoms with Gasteiger partial charge < -0.3 is 10.2 Å². The molecule has 2 amide bonds. The van der Waals surface area contributed by atoms with Crippen LogP contribution in [-0.2, 0) is 16.0 Å². The van der Waals surface area contributed by atoms with Crippen LogP contribution in [0.5, 0.6) is 0 Å². The molecule has 1 aromatic carbocycles. The summed E-state index contributed by atoms with van der Waals surface area (Å²) in [4.78, 5) is 26.9. The van der Waals surface area contributed by atoms with Crippen LogP contribution >= 0.6 is 0 Å². The molecule has 0 saturated carbocycles. The van der Waals surface area contributed by atoms with Crippen LogP contribution in [0.1, 0.15) is 45.6 Å². The van der Waals surface area contributed by atoms with E-state index in [1.807, 2.05) is 56.0 Å². The minimum atomic E-state index is -0.467. The average molecular weight is 316 g/mol. The molecular weight excluding hydrogens is 288 g/mol. The van der Waals surface area contributed by atoms with Gasteiger partial charge in [0.25, 0.3) is 0 Å². The lowest BCUT2D eigenvalue weighted by molar-refractivity contribution is -0.136. The number of amides is 2. The van der Waals surface area contributed by atoms with Crippen LogP contribution in [0.25, 0.3) is 0 Å². The molecule has 4 nitrogen and oxygen atoms in total. The van der Waals surface area contributed by atoms with Gasteiger partial charge in [-0.15, -0.1) is 0 Å². The first-order chi connectivity index (χ1) is 10.8. The molecule has 1 fully saturated rings. The Hall–Kier alpha value is -1.84.